The fourth-order valence-corrected chi connectivity index (χ4v) is 3.98. The highest BCUT2D eigenvalue weighted by Gasteiger charge is 2.21. The Morgan fingerprint density at radius 2 is 1.63 bits per heavy atom. The average molecular weight is 415 g/mol. The van der Waals surface area contributed by atoms with Gasteiger partial charge in [0.2, 0.25) is 5.13 Å². The van der Waals surface area contributed by atoms with Crippen molar-refractivity contribution in [1.82, 2.24) is 15.2 Å². The molecule has 0 radical (unpaired) electrons. The van der Waals surface area contributed by atoms with Gasteiger partial charge in [0.05, 0.1) is 0 Å². The quantitative estimate of drug-likeness (QED) is 0.388. The Bertz CT molecular complexity index is 1100. The van der Waals surface area contributed by atoms with Crippen LogP contribution in [0.5, 0.6) is 0 Å². The summed E-state index contributed by atoms with van der Waals surface area (Å²) in [5.41, 5.74) is 3.76. The largest absolute Gasteiger partial charge is 0.283 e. The first-order valence-corrected chi connectivity index (χ1v) is 10.8. The van der Waals surface area contributed by atoms with Crippen molar-refractivity contribution in [2.24, 2.45) is 0 Å². The van der Waals surface area contributed by atoms with E-state index in [-0.39, 0.29) is 5.91 Å². The third kappa shape index (κ3) is 4.44. The molecule has 0 bridgehead atoms. The maximum Gasteiger partial charge on any atom is 0.260 e. The molecule has 0 spiro atoms. The van der Waals surface area contributed by atoms with Crippen molar-refractivity contribution in [1.29, 1.82) is 0 Å². The molecule has 150 valence electrons. The third-order valence-corrected chi connectivity index (χ3v) is 5.77. The van der Waals surface area contributed by atoms with Gasteiger partial charge in [-0.05, 0) is 41.8 Å². The monoisotopic (exact) mass is 414 g/mol. The van der Waals surface area contributed by atoms with Gasteiger partial charge < -0.3 is 0 Å². The van der Waals surface area contributed by atoms with E-state index in [4.69, 9.17) is 0 Å². The standard InChI is InChI=1S/C24H22N4OS/c1-2-3-16-28(24-27-26-22(30-24)21-10-7-15-25-17-21)23(29)20-13-11-19(12-14-20)18-8-5-4-6-9-18/h4-15,17H,2-3,16H2,1H3. The number of benzene rings is 2. The van der Waals surface area contributed by atoms with Gasteiger partial charge in [-0.1, -0.05) is 67.1 Å². The van der Waals surface area contributed by atoms with E-state index in [1.807, 2.05) is 54.6 Å². The molecule has 0 saturated carbocycles. The predicted molar refractivity (Wildman–Crippen MR) is 122 cm³/mol. The smallest absolute Gasteiger partial charge is 0.260 e. The number of aromatic nitrogens is 3. The van der Waals surface area contributed by atoms with Crippen LogP contribution in [0.4, 0.5) is 5.13 Å². The molecule has 2 aromatic carbocycles. The molecular formula is C24H22N4OS. The van der Waals surface area contributed by atoms with E-state index in [2.05, 4.69) is 34.2 Å². The highest BCUT2D eigenvalue weighted by molar-refractivity contribution is 7.18. The van der Waals surface area contributed by atoms with Gasteiger partial charge in [0.15, 0.2) is 5.01 Å². The molecule has 0 aliphatic rings. The summed E-state index contributed by atoms with van der Waals surface area (Å²) in [6.07, 6.45) is 5.37. The van der Waals surface area contributed by atoms with Gasteiger partial charge in [0.1, 0.15) is 0 Å². The second-order valence-electron chi connectivity index (χ2n) is 6.89. The number of rotatable bonds is 7. The Balaban J connectivity index is 1.59. The maximum absolute atomic E-state index is 13.3. The lowest BCUT2D eigenvalue weighted by Gasteiger charge is -2.19. The number of carbonyl (C=O) groups excluding carboxylic acids is 1. The normalized spacial score (nSPS) is 10.7. The number of hydrogen-bond acceptors (Lipinski definition) is 5. The third-order valence-electron chi connectivity index (χ3n) is 4.77. The highest BCUT2D eigenvalue weighted by atomic mass is 32.1. The fourth-order valence-electron chi connectivity index (χ4n) is 3.12. The van der Waals surface area contributed by atoms with Gasteiger partial charge in [-0.2, -0.15) is 0 Å². The molecule has 0 unspecified atom stereocenters. The molecule has 2 heterocycles. The molecule has 0 atom stereocenters. The molecule has 5 nitrogen and oxygen atoms in total. The van der Waals surface area contributed by atoms with Crippen LogP contribution in [0.25, 0.3) is 21.7 Å². The minimum Gasteiger partial charge on any atom is -0.283 e. The van der Waals surface area contributed by atoms with Gasteiger partial charge in [-0.25, -0.2) is 0 Å². The molecule has 0 aliphatic heterocycles. The summed E-state index contributed by atoms with van der Waals surface area (Å²) in [5, 5.41) is 9.95. The van der Waals surface area contributed by atoms with Crippen LogP contribution in [0, 0.1) is 0 Å². The van der Waals surface area contributed by atoms with Crippen LogP contribution in [0.3, 0.4) is 0 Å². The Labute approximate surface area is 180 Å². The lowest BCUT2D eigenvalue weighted by Crippen LogP contribution is -2.31. The maximum atomic E-state index is 13.3. The van der Waals surface area contributed by atoms with Crippen LogP contribution in [-0.2, 0) is 0 Å². The molecule has 0 saturated heterocycles. The first-order chi connectivity index (χ1) is 14.8. The topological polar surface area (TPSA) is 59.0 Å². The summed E-state index contributed by atoms with van der Waals surface area (Å²) >= 11 is 1.41. The molecule has 1 amide bonds. The molecule has 4 rings (SSSR count). The number of nitrogens with zero attached hydrogens (tertiary/aromatic N) is 4. The van der Waals surface area contributed by atoms with Crippen molar-refractivity contribution in [3.63, 3.8) is 0 Å². The second kappa shape index (κ2) is 9.41. The molecule has 0 N–H and O–H groups in total. The van der Waals surface area contributed by atoms with Crippen LogP contribution >= 0.6 is 11.3 Å². The van der Waals surface area contributed by atoms with Crippen molar-refractivity contribution in [3.05, 3.63) is 84.7 Å². The van der Waals surface area contributed by atoms with Crippen molar-refractivity contribution in [3.8, 4) is 21.7 Å². The molecule has 0 aliphatic carbocycles. The zero-order valence-electron chi connectivity index (χ0n) is 16.7. The van der Waals surface area contributed by atoms with Gasteiger partial charge in [-0.15, -0.1) is 10.2 Å². The minimum atomic E-state index is -0.0584. The predicted octanol–water partition coefficient (Wildman–Crippen LogP) is 5.71. The number of pyridine rings is 1. The van der Waals surface area contributed by atoms with Gasteiger partial charge in [0.25, 0.3) is 5.91 Å². The Kier molecular flexibility index (Phi) is 6.25. The number of unbranched alkanes of at least 4 members (excludes halogenated alkanes) is 1. The molecule has 6 heteroatoms. The Hall–Kier alpha value is -3.38. The number of hydrogen-bond donors (Lipinski definition) is 0. The van der Waals surface area contributed by atoms with Crippen molar-refractivity contribution >= 4 is 22.4 Å². The molecule has 30 heavy (non-hydrogen) atoms. The zero-order valence-corrected chi connectivity index (χ0v) is 17.5. The van der Waals surface area contributed by atoms with Crippen LogP contribution < -0.4 is 4.90 Å². The average Bonchev–Trinajstić information content (AvgIpc) is 3.30. The summed E-state index contributed by atoms with van der Waals surface area (Å²) < 4.78 is 0. The molecule has 4 aromatic rings. The van der Waals surface area contributed by atoms with E-state index >= 15 is 0 Å². The Morgan fingerprint density at radius 1 is 0.900 bits per heavy atom. The van der Waals surface area contributed by atoms with E-state index in [9.17, 15) is 4.79 Å². The van der Waals surface area contributed by atoms with Crippen LogP contribution in [-0.4, -0.2) is 27.6 Å². The Morgan fingerprint density at radius 3 is 2.33 bits per heavy atom. The van der Waals surface area contributed by atoms with Crippen molar-refractivity contribution in [2.45, 2.75) is 19.8 Å². The molecular weight excluding hydrogens is 392 g/mol. The second-order valence-corrected chi connectivity index (χ2v) is 7.84. The van der Waals surface area contributed by atoms with E-state index in [0.717, 1.165) is 34.5 Å². The van der Waals surface area contributed by atoms with Crippen LogP contribution in [0.1, 0.15) is 30.1 Å². The van der Waals surface area contributed by atoms with Crippen LogP contribution in [0.15, 0.2) is 79.1 Å². The van der Waals surface area contributed by atoms with E-state index < -0.39 is 0 Å². The van der Waals surface area contributed by atoms with Crippen molar-refractivity contribution < 1.29 is 4.79 Å². The van der Waals surface area contributed by atoms with Gasteiger partial charge in [-0.3, -0.25) is 14.7 Å². The van der Waals surface area contributed by atoms with E-state index in [0.29, 0.717) is 17.2 Å². The van der Waals surface area contributed by atoms with E-state index in [1.54, 1.807) is 17.3 Å². The van der Waals surface area contributed by atoms with E-state index in [1.165, 1.54) is 11.3 Å². The number of amides is 1. The minimum absolute atomic E-state index is 0.0584. The summed E-state index contributed by atoms with van der Waals surface area (Å²) in [7, 11) is 0. The summed E-state index contributed by atoms with van der Waals surface area (Å²) in [5.74, 6) is -0.0584. The summed E-state index contributed by atoms with van der Waals surface area (Å²) in [6, 6.07) is 21.7. The first-order valence-electron chi connectivity index (χ1n) is 9.97. The number of carbonyl (C=O) groups is 1. The lowest BCUT2D eigenvalue weighted by molar-refractivity contribution is 0.0986. The van der Waals surface area contributed by atoms with Crippen LogP contribution in [0.2, 0.25) is 0 Å². The van der Waals surface area contributed by atoms with Gasteiger partial charge >= 0.3 is 0 Å². The van der Waals surface area contributed by atoms with Crippen molar-refractivity contribution in [2.75, 3.05) is 11.4 Å². The lowest BCUT2D eigenvalue weighted by atomic mass is 10.0. The van der Waals surface area contributed by atoms with Gasteiger partial charge in [0, 0.05) is 30.1 Å². The zero-order chi connectivity index (χ0) is 20.8. The summed E-state index contributed by atoms with van der Waals surface area (Å²) in [6.45, 7) is 2.72. The first kappa shape index (κ1) is 19.9. The molecule has 0 fully saturated rings. The summed E-state index contributed by atoms with van der Waals surface area (Å²) in [4.78, 5) is 19.2. The number of anilines is 1. The SMILES string of the molecule is CCCCN(C(=O)c1ccc(-c2ccccc2)cc1)c1nnc(-c2cccnc2)s1. The highest BCUT2D eigenvalue weighted by Crippen LogP contribution is 2.29. The fraction of sp³-hybridized carbons (Fsp3) is 0.167. The molecule has 2 aromatic heterocycles.